The van der Waals surface area contributed by atoms with Crippen LogP contribution in [0.25, 0.3) is 0 Å². The zero-order valence-corrected chi connectivity index (χ0v) is 16.1. The summed E-state index contributed by atoms with van der Waals surface area (Å²) in [5.74, 6) is -0.671. The highest BCUT2D eigenvalue weighted by atomic mass is 16.6. The van der Waals surface area contributed by atoms with Gasteiger partial charge in [-0.1, -0.05) is 31.6 Å². The van der Waals surface area contributed by atoms with Gasteiger partial charge in [-0.3, -0.25) is 4.90 Å². The van der Waals surface area contributed by atoms with Crippen LogP contribution in [0.5, 0.6) is 0 Å². The maximum Gasteiger partial charge on any atom is 0.411 e. The van der Waals surface area contributed by atoms with Gasteiger partial charge in [-0.15, -0.1) is 0 Å². The molecule has 1 aliphatic heterocycles. The van der Waals surface area contributed by atoms with Gasteiger partial charge in [0.05, 0.1) is 6.10 Å². The van der Waals surface area contributed by atoms with Crippen molar-refractivity contribution in [3.8, 4) is 0 Å². The van der Waals surface area contributed by atoms with E-state index in [1.165, 1.54) is 17.1 Å². The number of hydrogen-bond donors (Lipinski definition) is 1. The first-order valence-electron chi connectivity index (χ1n) is 8.78. The maximum absolute atomic E-state index is 12.8. The predicted molar refractivity (Wildman–Crippen MR) is 96.1 cm³/mol. The molecule has 0 aromatic rings. The number of hydrogen-bond acceptors (Lipinski definition) is 5. The molecule has 0 saturated heterocycles. The summed E-state index contributed by atoms with van der Waals surface area (Å²) in [5.41, 5.74) is -2.33. The van der Waals surface area contributed by atoms with Crippen LogP contribution < -0.4 is 0 Å². The zero-order chi connectivity index (χ0) is 19.3. The van der Waals surface area contributed by atoms with E-state index in [0.717, 1.165) is 12.8 Å². The highest BCUT2D eigenvalue weighted by molar-refractivity contribution is 5.90. The van der Waals surface area contributed by atoms with Gasteiger partial charge in [-0.2, -0.15) is 0 Å². The van der Waals surface area contributed by atoms with Crippen LogP contribution in [0.15, 0.2) is 24.3 Å². The Morgan fingerprint density at radius 2 is 2.00 bits per heavy atom. The normalized spacial score (nSPS) is 21.8. The fourth-order valence-electron chi connectivity index (χ4n) is 2.53. The summed E-state index contributed by atoms with van der Waals surface area (Å²) in [6.45, 7) is 10.9. The molecule has 0 fully saturated rings. The van der Waals surface area contributed by atoms with Crippen LogP contribution in [-0.2, 0) is 14.3 Å². The van der Waals surface area contributed by atoms with Crippen molar-refractivity contribution in [1.82, 2.24) is 4.90 Å². The van der Waals surface area contributed by atoms with Crippen molar-refractivity contribution in [2.75, 3.05) is 6.54 Å². The Kier molecular flexibility index (Phi) is 7.23. The van der Waals surface area contributed by atoms with E-state index in [-0.39, 0.29) is 12.6 Å². The smallest absolute Gasteiger partial charge is 0.411 e. The molecule has 1 rings (SSSR count). The first kappa shape index (κ1) is 21.2. The average Bonchev–Trinajstić information content (AvgIpc) is 2.90. The number of nitrogens with zero attached hydrogens (tertiary/aromatic N) is 1. The van der Waals surface area contributed by atoms with Crippen LogP contribution in [0.4, 0.5) is 4.79 Å². The zero-order valence-electron chi connectivity index (χ0n) is 16.1. The Balaban J connectivity index is 3.21. The summed E-state index contributed by atoms with van der Waals surface area (Å²) in [6, 6.07) is 0. The van der Waals surface area contributed by atoms with E-state index >= 15 is 0 Å². The number of allylic oxidation sites excluding steroid dienone is 1. The van der Waals surface area contributed by atoms with Crippen LogP contribution in [0.3, 0.4) is 0 Å². The highest BCUT2D eigenvalue weighted by Crippen LogP contribution is 2.32. The van der Waals surface area contributed by atoms with Gasteiger partial charge >= 0.3 is 12.1 Å². The average molecular weight is 353 g/mol. The lowest BCUT2D eigenvalue weighted by Gasteiger charge is -2.39. The summed E-state index contributed by atoms with van der Waals surface area (Å²) in [6.07, 6.45) is 5.96. The van der Waals surface area contributed by atoms with Crippen LogP contribution in [0, 0.1) is 0 Å². The molecule has 0 aromatic heterocycles. The van der Waals surface area contributed by atoms with E-state index in [1.54, 1.807) is 46.8 Å². The monoisotopic (exact) mass is 353 g/mol. The molecule has 6 nitrogen and oxygen atoms in total. The molecule has 0 aliphatic carbocycles. The topological polar surface area (TPSA) is 76.1 Å². The van der Waals surface area contributed by atoms with Crippen molar-refractivity contribution in [3.05, 3.63) is 24.3 Å². The lowest BCUT2D eigenvalue weighted by atomic mass is 9.91. The Morgan fingerprint density at radius 1 is 1.36 bits per heavy atom. The summed E-state index contributed by atoms with van der Waals surface area (Å²) in [4.78, 5) is 26.7. The molecule has 0 aromatic carbocycles. The number of aliphatic hydroxyl groups is 1. The van der Waals surface area contributed by atoms with E-state index in [0.29, 0.717) is 0 Å². The van der Waals surface area contributed by atoms with Gasteiger partial charge in [0.2, 0.25) is 0 Å². The number of amides is 1. The second-order valence-corrected chi connectivity index (χ2v) is 7.43. The van der Waals surface area contributed by atoms with E-state index in [4.69, 9.17) is 9.47 Å². The van der Waals surface area contributed by atoms with E-state index in [1.807, 2.05) is 6.92 Å². The Morgan fingerprint density at radius 3 is 2.52 bits per heavy atom. The van der Waals surface area contributed by atoms with Gasteiger partial charge in [-0.05, 0) is 47.1 Å². The SMILES string of the molecule is CCC/C=C/C(O)C1(C(=O)OC(C)C)C=CCN1C(=O)OC(C)(C)C. The summed E-state index contributed by atoms with van der Waals surface area (Å²) in [7, 11) is 0. The minimum Gasteiger partial charge on any atom is -0.461 e. The molecular formula is C19H31NO5. The van der Waals surface area contributed by atoms with E-state index < -0.39 is 29.3 Å². The minimum absolute atomic E-state index is 0.167. The first-order chi connectivity index (χ1) is 11.5. The lowest BCUT2D eigenvalue weighted by Crippen LogP contribution is -2.61. The van der Waals surface area contributed by atoms with Crippen LogP contribution >= 0.6 is 0 Å². The van der Waals surface area contributed by atoms with Crippen LogP contribution in [0.2, 0.25) is 0 Å². The van der Waals surface area contributed by atoms with Crippen molar-refractivity contribution in [3.63, 3.8) is 0 Å². The lowest BCUT2D eigenvalue weighted by molar-refractivity contribution is -0.162. The van der Waals surface area contributed by atoms with Gasteiger partial charge in [0.15, 0.2) is 5.54 Å². The van der Waals surface area contributed by atoms with E-state index in [2.05, 4.69) is 0 Å². The molecule has 0 radical (unpaired) electrons. The standard InChI is InChI=1S/C19H31NO5/c1-7-8-9-11-15(21)19(16(22)24-14(2)3)12-10-13-20(19)17(23)25-18(4,5)6/h9-12,14-15,21H,7-8,13H2,1-6H3/b11-9+. The summed E-state index contributed by atoms with van der Waals surface area (Å²) in [5, 5.41) is 10.7. The molecule has 6 heteroatoms. The van der Waals surface area contributed by atoms with Gasteiger partial charge in [0.25, 0.3) is 0 Å². The number of aliphatic hydroxyl groups excluding tert-OH is 1. The molecule has 1 heterocycles. The van der Waals surface area contributed by atoms with Gasteiger partial charge in [0.1, 0.15) is 11.7 Å². The van der Waals surface area contributed by atoms with Crippen LogP contribution in [0.1, 0.15) is 54.4 Å². The molecule has 25 heavy (non-hydrogen) atoms. The van der Waals surface area contributed by atoms with Gasteiger partial charge < -0.3 is 14.6 Å². The van der Waals surface area contributed by atoms with Crippen molar-refractivity contribution in [2.45, 2.75) is 77.7 Å². The Hall–Kier alpha value is -1.82. The summed E-state index contributed by atoms with van der Waals surface area (Å²) < 4.78 is 10.8. The van der Waals surface area contributed by atoms with Gasteiger partial charge in [-0.25, -0.2) is 9.59 Å². The third-order valence-electron chi connectivity index (χ3n) is 3.61. The molecule has 0 bridgehead atoms. The largest absolute Gasteiger partial charge is 0.461 e. The first-order valence-corrected chi connectivity index (χ1v) is 8.78. The fourth-order valence-corrected chi connectivity index (χ4v) is 2.53. The number of unbranched alkanes of at least 4 members (excludes halogenated alkanes) is 1. The molecule has 2 atom stereocenters. The quantitative estimate of drug-likeness (QED) is 0.586. The summed E-state index contributed by atoms with van der Waals surface area (Å²) >= 11 is 0. The molecule has 0 saturated carbocycles. The third kappa shape index (κ3) is 5.33. The molecule has 1 aliphatic rings. The molecule has 1 N–H and O–H groups in total. The Labute approximate surface area is 150 Å². The molecular weight excluding hydrogens is 322 g/mol. The fraction of sp³-hybridized carbons (Fsp3) is 0.684. The van der Waals surface area contributed by atoms with Crippen molar-refractivity contribution in [1.29, 1.82) is 0 Å². The number of esters is 1. The molecule has 0 spiro atoms. The van der Waals surface area contributed by atoms with Crippen molar-refractivity contribution in [2.24, 2.45) is 0 Å². The van der Waals surface area contributed by atoms with Crippen molar-refractivity contribution >= 4 is 12.1 Å². The molecule has 2 unspecified atom stereocenters. The molecule has 142 valence electrons. The predicted octanol–water partition coefficient (Wildman–Crippen LogP) is 3.20. The van der Waals surface area contributed by atoms with Crippen molar-refractivity contribution < 1.29 is 24.2 Å². The molecule has 1 amide bonds. The second-order valence-electron chi connectivity index (χ2n) is 7.43. The number of carbonyl (C=O) groups excluding carboxylic acids is 2. The van der Waals surface area contributed by atoms with Crippen LogP contribution in [-0.4, -0.2) is 52.0 Å². The number of carbonyl (C=O) groups is 2. The maximum atomic E-state index is 12.8. The third-order valence-corrected chi connectivity index (χ3v) is 3.61. The number of rotatable bonds is 6. The Bertz CT molecular complexity index is 532. The highest BCUT2D eigenvalue weighted by Gasteiger charge is 2.54. The van der Waals surface area contributed by atoms with Gasteiger partial charge in [0, 0.05) is 6.54 Å². The minimum atomic E-state index is -1.61. The number of ether oxygens (including phenoxy) is 2. The second kappa shape index (κ2) is 8.52. The van der Waals surface area contributed by atoms with E-state index in [9.17, 15) is 14.7 Å².